The number of ether oxygens (including phenoxy) is 2. The lowest BCUT2D eigenvalue weighted by Crippen LogP contribution is -2.51. The minimum absolute atomic E-state index is 0.203. The molecule has 0 radical (unpaired) electrons. The van der Waals surface area contributed by atoms with Crippen LogP contribution in [-0.2, 0) is 9.47 Å². The van der Waals surface area contributed by atoms with Crippen molar-refractivity contribution >= 4 is 6.09 Å². The first-order chi connectivity index (χ1) is 10.8. The van der Waals surface area contributed by atoms with Gasteiger partial charge < -0.3 is 14.4 Å². The maximum absolute atomic E-state index is 12.0. The van der Waals surface area contributed by atoms with Gasteiger partial charge in [0.25, 0.3) is 0 Å². The fraction of sp³-hybridized carbons (Fsp3) is 0.800. The zero-order valence-corrected chi connectivity index (χ0v) is 12.7. The molecule has 0 bridgehead atoms. The first-order valence-electron chi connectivity index (χ1n) is 8.21. The van der Waals surface area contributed by atoms with E-state index in [0.29, 0.717) is 31.5 Å². The Balaban J connectivity index is 1.21. The van der Waals surface area contributed by atoms with Crippen molar-refractivity contribution in [2.24, 2.45) is 5.92 Å². The van der Waals surface area contributed by atoms with Gasteiger partial charge in [-0.05, 0) is 31.6 Å². The molecule has 1 saturated carbocycles. The van der Waals surface area contributed by atoms with Crippen LogP contribution < -0.4 is 0 Å². The number of hydrogen-bond donors (Lipinski definition) is 0. The highest BCUT2D eigenvalue weighted by atomic mass is 16.6. The Hall–Kier alpha value is -1.63. The van der Waals surface area contributed by atoms with E-state index in [1.807, 2.05) is 10.9 Å². The molecule has 2 saturated heterocycles. The summed E-state index contributed by atoms with van der Waals surface area (Å²) in [6.07, 6.45) is 6.26. The molecule has 0 unspecified atom stereocenters. The lowest BCUT2D eigenvalue weighted by Gasteiger charge is -2.38. The van der Waals surface area contributed by atoms with Crippen LogP contribution in [0, 0.1) is 5.92 Å². The van der Waals surface area contributed by atoms with E-state index in [1.54, 1.807) is 4.90 Å². The van der Waals surface area contributed by atoms with Crippen LogP contribution in [0.2, 0.25) is 0 Å². The third-order valence-electron chi connectivity index (χ3n) is 4.80. The van der Waals surface area contributed by atoms with Crippen molar-refractivity contribution in [3.8, 4) is 0 Å². The Bertz CT molecular complexity index is 531. The van der Waals surface area contributed by atoms with Crippen LogP contribution in [0.1, 0.15) is 43.3 Å². The third-order valence-corrected chi connectivity index (χ3v) is 4.80. The number of nitrogens with zero attached hydrogens (tertiary/aromatic N) is 4. The second-order valence-electron chi connectivity index (χ2n) is 6.59. The van der Waals surface area contributed by atoms with Gasteiger partial charge in [0.05, 0.1) is 18.3 Å². The number of hydrogen-bond acceptors (Lipinski definition) is 5. The van der Waals surface area contributed by atoms with Crippen LogP contribution in [0.3, 0.4) is 0 Å². The molecule has 3 heterocycles. The lowest BCUT2D eigenvalue weighted by atomic mass is 10.0. The van der Waals surface area contributed by atoms with Crippen LogP contribution in [0.4, 0.5) is 4.79 Å². The summed E-state index contributed by atoms with van der Waals surface area (Å²) < 4.78 is 12.6. The van der Waals surface area contributed by atoms with Crippen molar-refractivity contribution in [3.63, 3.8) is 0 Å². The van der Waals surface area contributed by atoms with Gasteiger partial charge in [-0.3, -0.25) is 0 Å². The molecule has 1 aromatic rings. The Morgan fingerprint density at radius 3 is 2.77 bits per heavy atom. The number of carbonyl (C=O) groups is 1. The largest absolute Gasteiger partial charge is 0.449 e. The molecule has 3 fully saturated rings. The molecule has 2 aliphatic heterocycles. The lowest BCUT2D eigenvalue weighted by molar-refractivity contribution is 0.0154. The molecular formula is C15H22N4O3. The molecule has 120 valence electrons. The fourth-order valence-electron chi connectivity index (χ4n) is 3.00. The predicted octanol–water partition coefficient (Wildman–Crippen LogP) is 1.58. The second-order valence-corrected chi connectivity index (χ2v) is 6.59. The first kappa shape index (κ1) is 14.0. The Morgan fingerprint density at radius 1 is 1.27 bits per heavy atom. The molecule has 0 N–H and O–H groups in total. The number of carbonyl (C=O) groups excluding carboxylic acids is 1. The first-order valence-corrected chi connectivity index (χ1v) is 8.21. The summed E-state index contributed by atoms with van der Waals surface area (Å²) in [5.41, 5.74) is 1.10. The normalized spacial score (nSPS) is 23.4. The molecule has 7 nitrogen and oxygen atoms in total. The van der Waals surface area contributed by atoms with E-state index >= 15 is 0 Å². The molecular weight excluding hydrogens is 284 g/mol. The highest BCUT2D eigenvalue weighted by molar-refractivity contribution is 5.68. The quantitative estimate of drug-likeness (QED) is 0.844. The van der Waals surface area contributed by atoms with Crippen molar-refractivity contribution in [2.75, 3.05) is 32.9 Å². The Kier molecular flexibility index (Phi) is 3.73. The highest BCUT2D eigenvalue weighted by Gasteiger charge is 2.35. The average Bonchev–Trinajstić information content (AvgIpc) is 3.24. The van der Waals surface area contributed by atoms with E-state index < -0.39 is 0 Å². The molecule has 3 aliphatic rings. The van der Waals surface area contributed by atoms with Crippen LogP contribution in [0.15, 0.2) is 6.20 Å². The average molecular weight is 306 g/mol. The molecule has 0 atom stereocenters. The second kappa shape index (κ2) is 5.87. The summed E-state index contributed by atoms with van der Waals surface area (Å²) in [5, 5.41) is 8.40. The van der Waals surface area contributed by atoms with Crippen LogP contribution in [0.5, 0.6) is 0 Å². The van der Waals surface area contributed by atoms with E-state index in [2.05, 4.69) is 10.3 Å². The summed E-state index contributed by atoms with van der Waals surface area (Å²) in [6.45, 7) is 3.41. The molecule has 1 amide bonds. The minimum Gasteiger partial charge on any atom is -0.449 e. The van der Waals surface area contributed by atoms with E-state index in [1.165, 1.54) is 12.8 Å². The van der Waals surface area contributed by atoms with Crippen LogP contribution in [-0.4, -0.2) is 58.9 Å². The maximum atomic E-state index is 12.0. The smallest absolute Gasteiger partial charge is 0.409 e. The standard InChI is InChI=1S/C15H22N4O3/c20-15(22-10-11-3-5-21-6-4-11)18-7-13(8-18)19-9-14(16-17-19)12-1-2-12/h9,11-13H,1-8,10H2. The van der Waals surface area contributed by atoms with Gasteiger partial charge in [-0.25, -0.2) is 9.48 Å². The molecule has 1 aromatic heterocycles. The summed E-state index contributed by atoms with van der Waals surface area (Å²) in [7, 11) is 0. The van der Waals surface area contributed by atoms with Gasteiger partial charge in [-0.15, -0.1) is 5.10 Å². The summed E-state index contributed by atoms with van der Waals surface area (Å²) in [4.78, 5) is 13.7. The van der Waals surface area contributed by atoms with Crippen molar-refractivity contribution in [3.05, 3.63) is 11.9 Å². The van der Waals surface area contributed by atoms with Crippen molar-refractivity contribution in [1.82, 2.24) is 19.9 Å². The van der Waals surface area contributed by atoms with Crippen LogP contribution >= 0.6 is 0 Å². The topological polar surface area (TPSA) is 69.5 Å². The van der Waals surface area contributed by atoms with Gasteiger partial charge in [0.2, 0.25) is 0 Å². The molecule has 0 aromatic carbocycles. The van der Waals surface area contributed by atoms with Gasteiger partial charge in [-0.2, -0.15) is 0 Å². The van der Waals surface area contributed by atoms with Crippen molar-refractivity contribution in [1.29, 1.82) is 0 Å². The molecule has 7 heteroatoms. The zero-order chi connectivity index (χ0) is 14.9. The number of likely N-dealkylation sites (tertiary alicyclic amines) is 1. The van der Waals surface area contributed by atoms with Gasteiger partial charge in [0.15, 0.2) is 0 Å². The van der Waals surface area contributed by atoms with E-state index in [-0.39, 0.29) is 12.1 Å². The van der Waals surface area contributed by atoms with E-state index in [9.17, 15) is 4.79 Å². The Morgan fingerprint density at radius 2 is 2.05 bits per heavy atom. The number of amides is 1. The molecule has 4 rings (SSSR count). The highest BCUT2D eigenvalue weighted by Crippen LogP contribution is 2.39. The summed E-state index contributed by atoms with van der Waals surface area (Å²) >= 11 is 0. The van der Waals surface area contributed by atoms with Crippen molar-refractivity contribution < 1.29 is 14.3 Å². The van der Waals surface area contributed by atoms with E-state index in [0.717, 1.165) is 31.7 Å². The third kappa shape index (κ3) is 2.95. The monoisotopic (exact) mass is 306 g/mol. The van der Waals surface area contributed by atoms with E-state index in [4.69, 9.17) is 9.47 Å². The van der Waals surface area contributed by atoms with Crippen LogP contribution in [0.25, 0.3) is 0 Å². The molecule has 22 heavy (non-hydrogen) atoms. The summed E-state index contributed by atoms with van der Waals surface area (Å²) in [6, 6.07) is 0.246. The fourth-order valence-corrected chi connectivity index (χ4v) is 3.00. The van der Waals surface area contributed by atoms with Gasteiger partial charge in [0.1, 0.15) is 0 Å². The number of rotatable bonds is 4. The maximum Gasteiger partial charge on any atom is 0.409 e. The molecule has 0 spiro atoms. The van der Waals surface area contributed by atoms with Gasteiger partial charge >= 0.3 is 6.09 Å². The van der Waals surface area contributed by atoms with Gasteiger partial charge in [-0.1, -0.05) is 5.21 Å². The Labute approximate surface area is 129 Å². The number of aromatic nitrogens is 3. The zero-order valence-electron chi connectivity index (χ0n) is 12.7. The predicted molar refractivity (Wildman–Crippen MR) is 77.5 cm³/mol. The minimum atomic E-state index is -0.203. The SMILES string of the molecule is O=C(OCC1CCOCC1)N1CC(n2cc(C3CC3)nn2)C1. The van der Waals surface area contributed by atoms with Gasteiger partial charge in [0, 0.05) is 38.4 Å². The molecule has 1 aliphatic carbocycles. The summed E-state index contributed by atoms with van der Waals surface area (Å²) in [5.74, 6) is 1.07. The van der Waals surface area contributed by atoms with Crippen molar-refractivity contribution in [2.45, 2.75) is 37.6 Å².